The first-order valence-corrected chi connectivity index (χ1v) is 9.82. The van der Waals surface area contributed by atoms with E-state index in [1.807, 2.05) is 12.1 Å². The summed E-state index contributed by atoms with van der Waals surface area (Å²) in [6, 6.07) is 13.6. The highest BCUT2D eigenvalue weighted by atomic mass is 16.1. The summed E-state index contributed by atoms with van der Waals surface area (Å²) in [4.78, 5) is 16.0. The fourth-order valence-electron chi connectivity index (χ4n) is 3.16. The Balaban J connectivity index is 1.86. The van der Waals surface area contributed by atoms with Gasteiger partial charge in [-0.3, -0.25) is 4.79 Å². The number of benzene rings is 2. The lowest BCUT2D eigenvalue weighted by Crippen LogP contribution is -2.07. The lowest BCUT2D eigenvalue weighted by molar-refractivity contribution is 0.101. The van der Waals surface area contributed by atoms with Gasteiger partial charge in [0.05, 0.1) is 6.20 Å². The van der Waals surface area contributed by atoms with Crippen LogP contribution >= 0.6 is 0 Å². The molecule has 0 spiro atoms. The van der Waals surface area contributed by atoms with Gasteiger partial charge in [0.2, 0.25) is 5.95 Å². The molecule has 150 valence electrons. The van der Waals surface area contributed by atoms with Crippen molar-refractivity contribution in [1.82, 2.24) is 15.2 Å². The van der Waals surface area contributed by atoms with E-state index in [9.17, 15) is 4.79 Å². The molecule has 3 aromatic rings. The van der Waals surface area contributed by atoms with E-state index in [4.69, 9.17) is 0 Å². The Labute approximate surface area is 171 Å². The smallest absolute Gasteiger partial charge is 0.249 e. The van der Waals surface area contributed by atoms with Gasteiger partial charge in [0.15, 0.2) is 11.6 Å². The molecular formula is C23H27N5O. The van der Waals surface area contributed by atoms with Crippen LogP contribution in [0.25, 0.3) is 0 Å². The van der Waals surface area contributed by atoms with Crippen molar-refractivity contribution in [2.45, 2.75) is 46.5 Å². The number of carbonyl (C=O) groups is 1. The Kier molecular flexibility index (Phi) is 6.22. The fraction of sp³-hybridized carbons (Fsp3) is 0.304. The summed E-state index contributed by atoms with van der Waals surface area (Å²) in [6.07, 6.45) is 1.62. The fourth-order valence-corrected chi connectivity index (χ4v) is 3.16. The average molecular weight is 390 g/mol. The largest absolute Gasteiger partial charge is 0.338 e. The van der Waals surface area contributed by atoms with E-state index in [2.05, 4.69) is 71.7 Å². The minimum absolute atomic E-state index is 0.0328. The van der Waals surface area contributed by atoms with Crippen LogP contribution in [0.2, 0.25) is 0 Å². The van der Waals surface area contributed by atoms with Crippen molar-refractivity contribution in [3.63, 3.8) is 0 Å². The van der Waals surface area contributed by atoms with Gasteiger partial charge in [-0.2, -0.15) is 10.1 Å². The number of ketones is 1. The van der Waals surface area contributed by atoms with Gasteiger partial charge in [0.1, 0.15) is 0 Å². The first-order valence-electron chi connectivity index (χ1n) is 9.82. The molecule has 0 saturated carbocycles. The third-order valence-electron chi connectivity index (χ3n) is 4.73. The molecule has 0 bridgehead atoms. The molecule has 0 aliphatic rings. The minimum Gasteiger partial charge on any atom is -0.338 e. The predicted molar refractivity (Wildman–Crippen MR) is 117 cm³/mol. The predicted octanol–water partition coefficient (Wildman–Crippen LogP) is 5.81. The summed E-state index contributed by atoms with van der Waals surface area (Å²) in [5.74, 6) is 1.80. The van der Waals surface area contributed by atoms with Crippen LogP contribution in [0.4, 0.5) is 23.1 Å². The van der Waals surface area contributed by atoms with Gasteiger partial charge >= 0.3 is 0 Å². The SMILES string of the molecule is CC(=O)c1ccc(Nc2nncc(Nc3c(C(C)C)cccc3C(C)C)n2)cc1. The summed E-state index contributed by atoms with van der Waals surface area (Å²) in [5, 5.41) is 14.7. The molecule has 0 atom stereocenters. The Morgan fingerprint density at radius 3 is 2.07 bits per heavy atom. The monoisotopic (exact) mass is 389 g/mol. The Morgan fingerprint density at radius 2 is 1.52 bits per heavy atom. The number of nitrogens with zero attached hydrogens (tertiary/aromatic N) is 3. The zero-order chi connectivity index (χ0) is 21.0. The van der Waals surface area contributed by atoms with Crippen LogP contribution in [0, 0.1) is 0 Å². The standard InChI is InChI=1S/C23H27N5O/c1-14(2)19-7-6-8-20(15(3)4)22(19)26-21-13-24-28-23(27-21)25-18-11-9-17(10-12-18)16(5)29/h6-15H,1-5H3,(H2,25,26,27,28). The van der Waals surface area contributed by atoms with Crippen LogP contribution in [0.5, 0.6) is 0 Å². The number of Topliss-reactive ketones (excluding diaryl/α,β-unsaturated/α-hetero) is 1. The van der Waals surface area contributed by atoms with Crippen LogP contribution in [-0.4, -0.2) is 21.0 Å². The molecule has 1 heterocycles. The molecule has 2 N–H and O–H groups in total. The second-order valence-corrected chi connectivity index (χ2v) is 7.67. The number of rotatable bonds is 7. The number of anilines is 4. The molecule has 0 saturated heterocycles. The summed E-state index contributed by atoms with van der Waals surface area (Å²) >= 11 is 0. The zero-order valence-electron chi connectivity index (χ0n) is 17.5. The average Bonchev–Trinajstić information content (AvgIpc) is 2.68. The zero-order valence-corrected chi connectivity index (χ0v) is 17.5. The molecule has 2 aromatic carbocycles. The van der Waals surface area contributed by atoms with Crippen LogP contribution in [0.15, 0.2) is 48.7 Å². The summed E-state index contributed by atoms with van der Waals surface area (Å²) in [7, 11) is 0. The maximum atomic E-state index is 11.4. The van der Waals surface area contributed by atoms with Crippen molar-refractivity contribution in [2.24, 2.45) is 0 Å². The topological polar surface area (TPSA) is 79.8 Å². The molecule has 0 aliphatic heterocycles. The van der Waals surface area contributed by atoms with Crippen molar-refractivity contribution in [3.05, 3.63) is 65.4 Å². The van der Waals surface area contributed by atoms with Gasteiger partial charge in [-0.05, 0) is 54.2 Å². The molecule has 0 radical (unpaired) electrons. The second-order valence-electron chi connectivity index (χ2n) is 7.67. The van der Waals surface area contributed by atoms with Gasteiger partial charge < -0.3 is 10.6 Å². The number of carbonyl (C=O) groups excluding carboxylic acids is 1. The maximum absolute atomic E-state index is 11.4. The second kappa shape index (κ2) is 8.82. The van der Waals surface area contributed by atoms with Gasteiger partial charge in [-0.25, -0.2) is 0 Å². The Hall–Kier alpha value is -3.28. The highest BCUT2D eigenvalue weighted by Crippen LogP contribution is 2.34. The van der Waals surface area contributed by atoms with Crippen LogP contribution in [0.3, 0.4) is 0 Å². The van der Waals surface area contributed by atoms with Crippen molar-refractivity contribution in [3.8, 4) is 0 Å². The lowest BCUT2D eigenvalue weighted by atomic mass is 9.92. The molecule has 0 amide bonds. The molecule has 1 aromatic heterocycles. The number of hydrogen-bond donors (Lipinski definition) is 2. The lowest BCUT2D eigenvalue weighted by Gasteiger charge is -2.20. The van der Waals surface area contributed by atoms with E-state index < -0.39 is 0 Å². The summed E-state index contributed by atoms with van der Waals surface area (Å²) in [6.45, 7) is 10.3. The van der Waals surface area contributed by atoms with Crippen LogP contribution in [-0.2, 0) is 0 Å². The third kappa shape index (κ3) is 4.96. The van der Waals surface area contributed by atoms with Gasteiger partial charge in [-0.15, -0.1) is 5.10 Å². The van der Waals surface area contributed by atoms with E-state index in [0.29, 0.717) is 29.2 Å². The van der Waals surface area contributed by atoms with Crippen molar-refractivity contribution in [1.29, 1.82) is 0 Å². The quantitative estimate of drug-likeness (QED) is 0.497. The summed E-state index contributed by atoms with van der Waals surface area (Å²) < 4.78 is 0. The summed E-state index contributed by atoms with van der Waals surface area (Å²) in [5.41, 5.74) is 5.01. The maximum Gasteiger partial charge on any atom is 0.249 e. The first kappa shape index (κ1) is 20.5. The van der Waals surface area contributed by atoms with Crippen LogP contribution in [0.1, 0.15) is 67.9 Å². The molecule has 6 nitrogen and oxygen atoms in total. The van der Waals surface area contributed by atoms with Gasteiger partial charge in [0.25, 0.3) is 0 Å². The Bertz CT molecular complexity index is 970. The van der Waals surface area contributed by atoms with Gasteiger partial charge in [0, 0.05) is 16.9 Å². The van der Waals surface area contributed by atoms with E-state index in [1.165, 1.54) is 11.1 Å². The van der Waals surface area contributed by atoms with Crippen molar-refractivity contribution >= 4 is 28.9 Å². The number of para-hydroxylation sites is 1. The highest BCUT2D eigenvalue weighted by Gasteiger charge is 2.15. The van der Waals surface area contributed by atoms with Crippen LogP contribution < -0.4 is 10.6 Å². The molecule has 29 heavy (non-hydrogen) atoms. The molecule has 0 aliphatic carbocycles. The number of hydrogen-bond acceptors (Lipinski definition) is 6. The third-order valence-corrected chi connectivity index (χ3v) is 4.73. The molecular weight excluding hydrogens is 362 g/mol. The minimum atomic E-state index is 0.0328. The van der Waals surface area contributed by atoms with E-state index >= 15 is 0 Å². The Morgan fingerprint density at radius 1 is 0.897 bits per heavy atom. The highest BCUT2D eigenvalue weighted by molar-refractivity contribution is 5.94. The van der Waals surface area contributed by atoms with E-state index in [1.54, 1.807) is 25.3 Å². The van der Waals surface area contributed by atoms with Gasteiger partial charge in [-0.1, -0.05) is 45.9 Å². The van der Waals surface area contributed by atoms with Crippen molar-refractivity contribution < 1.29 is 4.79 Å². The molecule has 3 rings (SSSR count). The molecule has 0 unspecified atom stereocenters. The first-order chi connectivity index (χ1) is 13.8. The number of aromatic nitrogens is 3. The normalized spacial score (nSPS) is 11.0. The number of nitrogens with one attached hydrogen (secondary N) is 2. The molecule has 0 fully saturated rings. The van der Waals surface area contributed by atoms with E-state index in [-0.39, 0.29) is 5.78 Å². The van der Waals surface area contributed by atoms with Crippen molar-refractivity contribution in [2.75, 3.05) is 10.6 Å². The van der Waals surface area contributed by atoms with E-state index in [0.717, 1.165) is 11.4 Å². The molecule has 6 heteroatoms.